The highest BCUT2D eigenvalue weighted by molar-refractivity contribution is 7.22. The van der Waals surface area contributed by atoms with Gasteiger partial charge in [0.15, 0.2) is 10.9 Å². The van der Waals surface area contributed by atoms with Crippen LogP contribution in [0.1, 0.15) is 18.6 Å². The molecule has 3 aromatic rings. The van der Waals surface area contributed by atoms with E-state index in [9.17, 15) is 9.59 Å². The fourth-order valence-corrected chi connectivity index (χ4v) is 4.26. The molecule has 28 heavy (non-hydrogen) atoms. The molecule has 1 aliphatic heterocycles. The first-order chi connectivity index (χ1) is 13.6. The van der Waals surface area contributed by atoms with Crippen LogP contribution in [0.15, 0.2) is 34.9 Å². The summed E-state index contributed by atoms with van der Waals surface area (Å²) in [7, 11) is 0. The molecule has 0 spiro atoms. The maximum atomic E-state index is 12.0. The Morgan fingerprint density at radius 2 is 2.04 bits per heavy atom. The van der Waals surface area contributed by atoms with Gasteiger partial charge in [-0.05, 0) is 37.8 Å². The lowest BCUT2D eigenvalue weighted by atomic mass is 9.97. The molecule has 146 valence electrons. The van der Waals surface area contributed by atoms with Gasteiger partial charge >= 0.3 is 11.8 Å². The molecule has 2 amide bonds. The molecule has 1 saturated heterocycles. The van der Waals surface area contributed by atoms with Crippen LogP contribution in [0.3, 0.4) is 0 Å². The lowest BCUT2D eigenvalue weighted by molar-refractivity contribution is -0.136. The van der Waals surface area contributed by atoms with Crippen molar-refractivity contribution in [2.45, 2.75) is 19.8 Å². The van der Waals surface area contributed by atoms with E-state index >= 15 is 0 Å². The summed E-state index contributed by atoms with van der Waals surface area (Å²) in [6.07, 6.45) is 1.89. The highest BCUT2D eigenvalue weighted by Crippen LogP contribution is 2.31. The molecule has 1 aromatic carbocycles. The van der Waals surface area contributed by atoms with Crippen LogP contribution in [-0.4, -0.2) is 41.6 Å². The summed E-state index contributed by atoms with van der Waals surface area (Å²) in [5.41, 5.74) is 1.03. The number of rotatable bonds is 4. The van der Waals surface area contributed by atoms with E-state index in [1.54, 1.807) is 24.3 Å². The molecule has 1 fully saturated rings. The Hall–Kier alpha value is -2.94. The fourth-order valence-electron chi connectivity index (χ4n) is 3.24. The number of nitrogens with zero attached hydrogens (tertiary/aromatic N) is 3. The first-order valence-electron chi connectivity index (χ1n) is 9.21. The van der Waals surface area contributed by atoms with Gasteiger partial charge in [-0.2, -0.15) is 0 Å². The van der Waals surface area contributed by atoms with Crippen molar-refractivity contribution in [1.29, 1.82) is 0 Å². The van der Waals surface area contributed by atoms with Gasteiger partial charge in [0.1, 0.15) is 5.76 Å². The molecular weight excluding hydrogens is 378 g/mol. The minimum Gasteiger partial charge on any atom is -0.360 e. The molecule has 0 unspecified atom stereocenters. The fraction of sp³-hybridized carbons (Fsp3) is 0.368. The monoisotopic (exact) mass is 399 g/mol. The van der Waals surface area contributed by atoms with Crippen LogP contribution in [0.25, 0.3) is 10.2 Å². The molecule has 0 saturated carbocycles. The van der Waals surface area contributed by atoms with Crippen LogP contribution in [0.2, 0.25) is 0 Å². The second-order valence-corrected chi connectivity index (χ2v) is 7.89. The summed E-state index contributed by atoms with van der Waals surface area (Å²) >= 11 is 1.71. The van der Waals surface area contributed by atoms with Gasteiger partial charge in [-0.3, -0.25) is 14.9 Å². The lowest BCUT2D eigenvalue weighted by Crippen LogP contribution is -2.41. The van der Waals surface area contributed by atoms with Crippen LogP contribution in [0.5, 0.6) is 0 Å². The molecule has 0 atom stereocenters. The number of carbonyl (C=O) groups excluding carboxylic acids is 2. The van der Waals surface area contributed by atoms with Crippen molar-refractivity contribution in [3.8, 4) is 0 Å². The van der Waals surface area contributed by atoms with Gasteiger partial charge in [0.05, 0.1) is 10.2 Å². The minimum atomic E-state index is -0.736. The average Bonchev–Trinajstić information content (AvgIpc) is 3.32. The number of nitrogens with one attached hydrogen (secondary N) is 2. The molecular formula is C19H21N5O3S. The number of hydrogen-bond donors (Lipinski definition) is 2. The van der Waals surface area contributed by atoms with Gasteiger partial charge < -0.3 is 14.7 Å². The van der Waals surface area contributed by atoms with Crippen LogP contribution >= 0.6 is 11.3 Å². The minimum absolute atomic E-state index is 0.238. The molecule has 0 aliphatic carbocycles. The number of anilines is 2. The first kappa shape index (κ1) is 18.4. The zero-order valence-electron chi connectivity index (χ0n) is 15.5. The third-order valence-electron chi connectivity index (χ3n) is 4.79. The maximum Gasteiger partial charge on any atom is 0.314 e. The Labute approximate surface area is 165 Å². The molecule has 0 bridgehead atoms. The lowest BCUT2D eigenvalue weighted by Gasteiger charge is -2.31. The zero-order valence-corrected chi connectivity index (χ0v) is 16.3. The molecule has 0 radical (unpaired) electrons. The van der Waals surface area contributed by atoms with E-state index in [1.807, 2.05) is 18.2 Å². The summed E-state index contributed by atoms with van der Waals surface area (Å²) in [6.45, 7) is 3.98. The largest absolute Gasteiger partial charge is 0.360 e. The van der Waals surface area contributed by atoms with Gasteiger partial charge in [-0.15, -0.1) is 0 Å². The number of carbonyl (C=O) groups is 2. The van der Waals surface area contributed by atoms with Crippen molar-refractivity contribution < 1.29 is 14.1 Å². The van der Waals surface area contributed by atoms with Crippen molar-refractivity contribution >= 4 is 44.3 Å². The number of aromatic nitrogens is 2. The van der Waals surface area contributed by atoms with Gasteiger partial charge in [0.25, 0.3) is 0 Å². The number of hydrogen-bond acceptors (Lipinski definition) is 7. The molecule has 1 aliphatic rings. The van der Waals surface area contributed by atoms with Crippen molar-refractivity contribution in [3.05, 3.63) is 36.1 Å². The van der Waals surface area contributed by atoms with E-state index in [-0.39, 0.29) is 5.82 Å². The second-order valence-electron chi connectivity index (χ2n) is 6.88. The highest BCUT2D eigenvalue weighted by atomic mass is 32.1. The third-order valence-corrected chi connectivity index (χ3v) is 5.89. The van der Waals surface area contributed by atoms with Gasteiger partial charge in [-0.25, -0.2) is 4.98 Å². The Balaban J connectivity index is 1.24. The van der Waals surface area contributed by atoms with E-state index < -0.39 is 11.8 Å². The summed E-state index contributed by atoms with van der Waals surface area (Å²) in [4.78, 5) is 30.9. The van der Waals surface area contributed by atoms with Gasteiger partial charge in [0.2, 0.25) is 0 Å². The Morgan fingerprint density at radius 1 is 1.25 bits per heavy atom. The van der Waals surface area contributed by atoms with Crippen molar-refractivity contribution in [1.82, 2.24) is 15.5 Å². The molecule has 2 aromatic heterocycles. The first-order valence-corrected chi connectivity index (χ1v) is 10.0. The summed E-state index contributed by atoms with van der Waals surface area (Å²) < 4.78 is 6.06. The van der Waals surface area contributed by atoms with E-state index in [0.29, 0.717) is 18.2 Å². The van der Waals surface area contributed by atoms with Crippen molar-refractivity contribution in [3.63, 3.8) is 0 Å². The maximum absolute atomic E-state index is 12.0. The molecule has 4 rings (SSSR count). The summed E-state index contributed by atoms with van der Waals surface area (Å²) in [6, 6.07) is 9.70. The number of para-hydroxylation sites is 1. The van der Waals surface area contributed by atoms with Gasteiger partial charge in [-0.1, -0.05) is 28.6 Å². The smallest absolute Gasteiger partial charge is 0.314 e. The van der Waals surface area contributed by atoms with E-state index in [2.05, 4.69) is 26.8 Å². The standard InChI is InChI=1S/C19H21N5O3S/c1-12-10-16(23-27-12)22-18(26)17(25)20-11-13-6-8-24(9-7-13)19-21-14-4-2-3-5-15(14)28-19/h2-5,10,13H,6-9,11H2,1H3,(H,20,25)(H,22,23,26). The quantitative estimate of drug-likeness (QED) is 0.654. The van der Waals surface area contributed by atoms with E-state index in [4.69, 9.17) is 9.51 Å². The zero-order chi connectivity index (χ0) is 19.5. The summed E-state index contributed by atoms with van der Waals surface area (Å²) in [5, 5.41) is 9.83. The predicted octanol–water partition coefficient (Wildman–Crippen LogP) is 2.56. The molecule has 9 heteroatoms. The Bertz CT molecular complexity index is 957. The molecule has 3 heterocycles. The van der Waals surface area contributed by atoms with Crippen LogP contribution < -0.4 is 15.5 Å². The number of piperidine rings is 1. The van der Waals surface area contributed by atoms with E-state index in [0.717, 1.165) is 36.6 Å². The number of fused-ring (bicyclic) bond motifs is 1. The number of thiazole rings is 1. The molecule has 8 nitrogen and oxygen atoms in total. The Kier molecular flexibility index (Phi) is 5.25. The van der Waals surface area contributed by atoms with Crippen LogP contribution in [0, 0.1) is 12.8 Å². The number of aryl methyl sites for hydroxylation is 1. The van der Waals surface area contributed by atoms with Crippen molar-refractivity contribution in [2.24, 2.45) is 5.92 Å². The normalized spacial score (nSPS) is 15.0. The second kappa shape index (κ2) is 7.97. The molecule has 2 N–H and O–H groups in total. The SMILES string of the molecule is Cc1cc(NC(=O)C(=O)NCC2CCN(c3nc4ccccc4s3)CC2)no1. The highest BCUT2D eigenvalue weighted by Gasteiger charge is 2.23. The van der Waals surface area contributed by atoms with Gasteiger partial charge in [0, 0.05) is 25.7 Å². The topological polar surface area (TPSA) is 100 Å². The van der Waals surface area contributed by atoms with Crippen LogP contribution in [0.4, 0.5) is 10.9 Å². The Morgan fingerprint density at radius 3 is 2.75 bits per heavy atom. The summed E-state index contributed by atoms with van der Waals surface area (Å²) in [5.74, 6) is -0.247. The van der Waals surface area contributed by atoms with Crippen molar-refractivity contribution in [2.75, 3.05) is 29.9 Å². The number of benzene rings is 1. The third kappa shape index (κ3) is 4.14. The average molecular weight is 399 g/mol. The predicted molar refractivity (Wildman–Crippen MR) is 107 cm³/mol. The van der Waals surface area contributed by atoms with Crippen LogP contribution in [-0.2, 0) is 9.59 Å². The number of amides is 2. The van der Waals surface area contributed by atoms with E-state index in [1.165, 1.54) is 4.70 Å².